The molecule has 3 aliphatic heterocycles. The highest BCUT2D eigenvalue weighted by molar-refractivity contribution is 5.72. The SMILES string of the molecule is CCC1O[C@H](O[C@@H]2C(N)C[C@@H](N)[C@@H](O)C2O[C@@H]2O[C@H](CO)C(O[C@H]3OC(CNC(C)=O)[C@@H](O)C(O)[C@@H]3N)[C@@H]2O)C(N)[C@@H](O)[C@@H]1O. The zero-order chi connectivity index (χ0) is 33.3. The summed E-state index contributed by atoms with van der Waals surface area (Å²) in [5.74, 6) is -0.407. The van der Waals surface area contributed by atoms with Gasteiger partial charge < -0.3 is 92.4 Å². The third-order valence-corrected chi connectivity index (χ3v) is 8.86. The van der Waals surface area contributed by atoms with Gasteiger partial charge in [0.2, 0.25) is 5.91 Å². The summed E-state index contributed by atoms with van der Waals surface area (Å²) in [5, 5.41) is 76.3. The van der Waals surface area contributed by atoms with Crippen LogP contribution in [-0.4, -0.2) is 171 Å². The number of ether oxygens (including phenoxy) is 6. The van der Waals surface area contributed by atoms with Gasteiger partial charge in [-0.05, 0) is 12.8 Å². The molecule has 0 radical (unpaired) electrons. The van der Waals surface area contributed by atoms with E-state index in [2.05, 4.69) is 5.32 Å². The maximum Gasteiger partial charge on any atom is 0.216 e. The zero-order valence-electron chi connectivity index (χ0n) is 25.1. The third-order valence-electron chi connectivity index (χ3n) is 8.86. The van der Waals surface area contributed by atoms with Crippen molar-refractivity contribution in [2.45, 2.75) is 143 Å². The molecule has 1 aliphatic carbocycles. The second-order valence-corrected chi connectivity index (χ2v) is 12.1. The molecule has 0 spiro atoms. The highest BCUT2D eigenvalue weighted by atomic mass is 16.8. The molecule has 262 valence electrons. The van der Waals surface area contributed by atoms with Crippen LogP contribution in [0.5, 0.6) is 0 Å². The largest absolute Gasteiger partial charge is 0.394 e. The molecular weight excluding hydrogens is 606 g/mol. The topological polar surface area (TPSA) is 330 Å². The van der Waals surface area contributed by atoms with E-state index in [1.807, 2.05) is 0 Å². The number of hydrogen-bond acceptors (Lipinski definition) is 18. The standard InChI is InChI=1S/C26H49N5O14/c1-3-10-16(35)18(37)13(29)24(40-10)43-21-9(28)4-8(27)15(34)23(21)45-26-20(39)22(12(6-32)42-26)44-25-14(30)19(38)17(36)11(41-25)5-31-7(2)33/h8-26,32,34-39H,3-6,27-30H2,1-2H3,(H,31,33)/t8-,9?,10?,11?,12-,13?,14+,15-,16-,17-,18-,19?,20+,21-,22?,23?,24-,25-,26+/m1/s1. The van der Waals surface area contributed by atoms with Crippen LogP contribution in [0.3, 0.4) is 0 Å². The van der Waals surface area contributed by atoms with Crippen LogP contribution in [0.4, 0.5) is 0 Å². The van der Waals surface area contributed by atoms with E-state index in [1.54, 1.807) is 6.92 Å². The highest BCUT2D eigenvalue weighted by Gasteiger charge is 2.54. The van der Waals surface area contributed by atoms with Gasteiger partial charge in [-0.15, -0.1) is 0 Å². The van der Waals surface area contributed by atoms with Crippen molar-refractivity contribution in [1.82, 2.24) is 5.32 Å². The summed E-state index contributed by atoms with van der Waals surface area (Å²) in [6, 6.07) is -4.19. The van der Waals surface area contributed by atoms with Gasteiger partial charge in [-0.3, -0.25) is 4.79 Å². The number of aliphatic hydroxyl groups excluding tert-OH is 7. The Bertz CT molecular complexity index is 973. The molecule has 1 amide bonds. The van der Waals surface area contributed by atoms with Crippen molar-refractivity contribution in [2.75, 3.05) is 13.2 Å². The fourth-order valence-corrected chi connectivity index (χ4v) is 6.10. The summed E-state index contributed by atoms with van der Waals surface area (Å²) in [4.78, 5) is 11.4. The van der Waals surface area contributed by atoms with E-state index in [1.165, 1.54) is 6.92 Å². The van der Waals surface area contributed by atoms with Gasteiger partial charge in [0.15, 0.2) is 18.9 Å². The van der Waals surface area contributed by atoms with Crippen LogP contribution in [0.1, 0.15) is 26.7 Å². The third kappa shape index (κ3) is 7.76. The van der Waals surface area contributed by atoms with E-state index < -0.39 is 129 Å². The molecule has 3 saturated heterocycles. The first-order chi connectivity index (χ1) is 21.2. The second-order valence-electron chi connectivity index (χ2n) is 12.1. The lowest BCUT2D eigenvalue weighted by Gasteiger charge is -2.47. The van der Waals surface area contributed by atoms with E-state index in [-0.39, 0.29) is 13.0 Å². The predicted molar refractivity (Wildman–Crippen MR) is 149 cm³/mol. The van der Waals surface area contributed by atoms with Crippen LogP contribution in [0.2, 0.25) is 0 Å². The summed E-state index contributed by atoms with van der Waals surface area (Å²) in [7, 11) is 0. The van der Waals surface area contributed by atoms with E-state index in [9.17, 15) is 40.5 Å². The lowest BCUT2D eigenvalue weighted by molar-refractivity contribution is -0.308. The molecule has 0 bridgehead atoms. The molecule has 0 aromatic heterocycles. The van der Waals surface area contributed by atoms with Gasteiger partial charge in [0.05, 0.1) is 30.9 Å². The van der Waals surface area contributed by atoms with E-state index in [0.29, 0.717) is 6.42 Å². The minimum Gasteiger partial charge on any atom is -0.394 e. The Hall–Kier alpha value is -1.21. The minimum atomic E-state index is -1.63. The Morgan fingerprint density at radius 3 is 1.76 bits per heavy atom. The summed E-state index contributed by atoms with van der Waals surface area (Å²) < 4.78 is 35.1. The maximum absolute atomic E-state index is 11.4. The highest BCUT2D eigenvalue weighted by Crippen LogP contribution is 2.34. The van der Waals surface area contributed by atoms with Crippen LogP contribution in [0.15, 0.2) is 0 Å². The van der Waals surface area contributed by atoms with E-state index in [0.717, 1.165) is 0 Å². The molecular formula is C26H49N5O14. The molecule has 7 unspecified atom stereocenters. The fourth-order valence-electron chi connectivity index (χ4n) is 6.10. The monoisotopic (exact) mass is 655 g/mol. The average molecular weight is 656 g/mol. The Balaban J connectivity index is 1.49. The molecule has 19 atom stereocenters. The van der Waals surface area contributed by atoms with Crippen molar-refractivity contribution < 1.29 is 69.0 Å². The number of rotatable bonds is 10. The number of amides is 1. The molecule has 19 heteroatoms. The van der Waals surface area contributed by atoms with Gasteiger partial charge in [-0.1, -0.05) is 6.92 Å². The zero-order valence-corrected chi connectivity index (χ0v) is 25.1. The van der Waals surface area contributed by atoms with Crippen molar-refractivity contribution in [3.8, 4) is 0 Å². The number of carbonyl (C=O) groups excluding carboxylic acids is 1. The van der Waals surface area contributed by atoms with Crippen molar-refractivity contribution in [1.29, 1.82) is 0 Å². The smallest absolute Gasteiger partial charge is 0.216 e. The van der Waals surface area contributed by atoms with Gasteiger partial charge in [-0.2, -0.15) is 0 Å². The fraction of sp³-hybridized carbons (Fsp3) is 0.962. The maximum atomic E-state index is 11.4. The summed E-state index contributed by atoms with van der Waals surface area (Å²) >= 11 is 0. The van der Waals surface area contributed by atoms with Crippen LogP contribution < -0.4 is 28.3 Å². The van der Waals surface area contributed by atoms with Crippen LogP contribution >= 0.6 is 0 Å². The minimum absolute atomic E-state index is 0.0971. The molecule has 0 aromatic carbocycles. The molecule has 4 fully saturated rings. The molecule has 19 nitrogen and oxygen atoms in total. The Labute approximate surface area is 259 Å². The number of aliphatic hydroxyl groups is 7. The Morgan fingerprint density at radius 1 is 0.689 bits per heavy atom. The molecule has 1 saturated carbocycles. The molecule has 4 rings (SSSR count). The normalized spacial score (nSPS) is 50.8. The molecule has 4 aliphatic rings. The van der Waals surface area contributed by atoms with Gasteiger partial charge in [0.25, 0.3) is 0 Å². The summed E-state index contributed by atoms with van der Waals surface area (Å²) in [5.41, 5.74) is 24.6. The van der Waals surface area contributed by atoms with Crippen LogP contribution in [0.25, 0.3) is 0 Å². The van der Waals surface area contributed by atoms with E-state index >= 15 is 0 Å². The quantitative estimate of drug-likeness (QED) is 0.104. The van der Waals surface area contributed by atoms with E-state index in [4.69, 9.17) is 51.4 Å². The molecule has 3 heterocycles. The number of hydrogen-bond donors (Lipinski definition) is 12. The van der Waals surface area contributed by atoms with Crippen molar-refractivity contribution in [3.05, 3.63) is 0 Å². The summed E-state index contributed by atoms with van der Waals surface area (Å²) in [6.07, 6.45) is -19.4. The van der Waals surface area contributed by atoms with Crippen molar-refractivity contribution in [3.63, 3.8) is 0 Å². The Morgan fingerprint density at radius 2 is 1.20 bits per heavy atom. The lowest BCUT2D eigenvalue weighted by atomic mass is 9.84. The number of nitrogens with two attached hydrogens (primary N) is 4. The summed E-state index contributed by atoms with van der Waals surface area (Å²) in [6.45, 7) is 2.15. The van der Waals surface area contributed by atoms with Gasteiger partial charge in [-0.25, -0.2) is 0 Å². The van der Waals surface area contributed by atoms with Crippen LogP contribution in [0, 0.1) is 0 Å². The lowest BCUT2D eigenvalue weighted by Crippen LogP contribution is -2.67. The van der Waals surface area contributed by atoms with Crippen molar-refractivity contribution >= 4 is 5.91 Å². The number of nitrogens with one attached hydrogen (secondary N) is 1. The number of carbonyl (C=O) groups is 1. The van der Waals surface area contributed by atoms with Gasteiger partial charge >= 0.3 is 0 Å². The van der Waals surface area contributed by atoms with Gasteiger partial charge in [0.1, 0.15) is 61.0 Å². The first-order valence-corrected chi connectivity index (χ1v) is 15.1. The molecule has 16 N–H and O–H groups in total. The first kappa shape index (κ1) is 36.6. The van der Waals surface area contributed by atoms with Gasteiger partial charge in [0, 0.05) is 25.6 Å². The average Bonchev–Trinajstić information content (AvgIpc) is 3.30. The second kappa shape index (κ2) is 15.3. The first-order valence-electron chi connectivity index (χ1n) is 15.1. The van der Waals surface area contributed by atoms with Crippen molar-refractivity contribution in [2.24, 2.45) is 22.9 Å². The Kier molecular flexibility index (Phi) is 12.5. The molecule has 45 heavy (non-hydrogen) atoms. The molecule has 0 aromatic rings. The predicted octanol–water partition coefficient (Wildman–Crippen LogP) is -7.27. The van der Waals surface area contributed by atoms with Crippen LogP contribution in [-0.2, 0) is 33.2 Å².